The van der Waals surface area contributed by atoms with Gasteiger partial charge in [0.15, 0.2) is 5.82 Å². The van der Waals surface area contributed by atoms with Crippen LogP contribution in [0.3, 0.4) is 0 Å². The molecule has 1 aliphatic carbocycles. The van der Waals surface area contributed by atoms with Crippen molar-refractivity contribution in [3.63, 3.8) is 0 Å². The number of hydrogen-bond donors (Lipinski definition) is 2. The fourth-order valence-corrected chi connectivity index (χ4v) is 2.55. The van der Waals surface area contributed by atoms with Crippen LogP contribution in [0.15, 0.2) is 30.7 Å². The van der Waals surface area contributed by atoms with Crippen LogP contribution in [0.25, 0.3) is 11.4 Å². The van der Waals surface area contributed by atoms with E-state index in [1.807, 2.05) is 0 Å². The van der Waals surface area contributed by atoms with E-state index in [1.54, 1.807) is 24.5 Å². The number of aromatic carboxylic acids is 1. The molecule has 0 unspecified atom stereocenters. The van der Waals surface area contributed by atoms with Crippen LogP contribution < -0.4 is 5.32 Å². The van der Waals surface area contributed by atoms with Crippen LogP contribution >= 0.6 is 0 Å². The lowest BCUT2D eigenvalue weighted by atomic mass is 10.2. The van der Waals surface area contributed by atoms with E-state index < -0.39 is 5.97 Å². The van der Waals surface area contributed by atoms with Gasteiger partial charge in [0.1, 0.15) is 11.4 Å². The van der Waals surface area contributed by atoms with Crippen LogP contribution in [0.4, 0.5) is 5.82 Å². The quantitative estimate of drug-likeness (QED) is 0.897. The molecule has 1 aliphatic rings. The topological polar surface area (TPSA) is 88.0 Å². The number of hydrogen-bond acceptors (Lipinski definition) is 5. The van der Waals surface area contributed by atoms with E-state index in [0.29, 0.717) is 17.7 Å². The minimum absolute atomic E-state index is 0.111. The maximum absolute atomic E-state index is 11.3. The Kier molecular flexibility index (Phi) is 3.77. The number of carboxylic acid groups (broad SMARTS) is 1. The van der Waals surface area contributed by atoms with Crippen molar-refractivity contribution in [3.8, 4) is 11.4 Å². The van der Waals surface area contributed by atoms with Gasteiger partial charge in [0.25, 0.3) is 0 Å². The van der Waals surface area contributed by atoms with E-state index in [9.17, 15) is 9.90 Å². The van der Waals surface area contributed by atoms with Gasteiger partial charge in [-0.1, -0.05) is 12.8 Å². The van der Waals surface area contributed by atoms with Gasteiger partial charge in [-0.15, -0.1) is 0 Å². The minimum Gasteiger partial charge on any atom is -0.477 e. The van der Waals surface area contributed by atoms with Gasteiger partial charge in [-0.25, -0.2) is 14.8 Å². The van der Waals surface area contributed by atoms with Crippen LogP contribution in [0, 0.1) is 0 Å². The molecule has 0 atom stereocenters. The summed E-state index contributed by atoms with van der Waals surface area (Å²) in [4.78, 5) is 23.8. The van der Waals surface area contributed by atoms with E-state index in [1.165, 1.54) is 19.0 Å². The van der Waals surface area contributed by atoms with Crippen LogP contribution in [0.2, 0.25) is 0 Å². The summed E-state index contributed by atoms with van der Waals surface area (Å²) in [7, 11) is 0. The highest BCUT2D eigenvalue weighted by Gasteiger charge is 2.20. The SMILES string of the molecule is O=C(O)c1cnc(-c2ccncc2)nc1NC1CCCC1. The molecular weight excluding hydrogens is 268 g/mol. The third-order valence-electron chi connectivity index (χ3n) is 3.65. The molecule has 1 fully saturated rings. The summed E-state index contributed by atoms with van der Waals surface area (Å²) in [6, 6.07) is 3.90. The molecule has 0 saturated heterocycles. The highest BCUT2D eigenvalue weighted by molar-refractivity contribution is 5.93. The van der Waals surface area contributed by atoms with Gasteiger partial charge >= 0.3 is 5.97 Å². The predicted molar refractivity (Wildman–Crippen MR) is 78.1 cm³/mol. The molecular formula is C15H16N4O2. The third-order valence-corrected chi connectivity index (χ3v) is 3.65. The number of aromatic nitrogens is 3. The van der Waals surface area contributed by atoms with Gasteiger partial charge in [0.2, 0.25) is 0 Å². The maximum Gasteiger partial charge on any atom is 0.341 e. The van der Waals surface area contributed by atoms with Gasteiger partial charge in [-0.3, -0.25) is 4.98 Å². The number of carboxylic acids is 1. The second-order valence-corrected chi connectivity index (χ2v) is 5.12. The molecule has 2 N–H and O–H groups in total. The normalized spacial score (nSPS) is 15.0. The van der Waals surface area contributed by atoms with Crippen molar-refractivity contribution in [3.05, 3.63) is 36.3 Å². The Morgan fingerprint density at radius 3 is 2.62 bits per heavy atom. The number of pyridine rings is 1. The van der Waals surface area contributed by atoms with Crippen molar-refractivity contribution in [2.24, 2.45) is 0 Å². The van der Waals surface area contributed by atoms with Crippen LogP contribution in [-0.2, 0) is 0 Å². The Morgan fingerprint density at radius 1 is 1.24 bits per heavy atom. The predicted octanol–water partition coefficient (Wildman–Crippen LogP) is 2.59. The molecule has 0 aromatic carbocycles. The largest absolute Gasteiger partial charge is 0.477 e. The van der Waals surface area contributed by atoms with Gasteiger partial charge < -0.3 is 10.4 Å². The fourth-order valence-electron chi connectivity index (χ4n) is 2.55. The Hall–Kier alpha value is -2.50. The first kappa shape index (κ1) is 13.5. The highest BCUT2D eigenvalue weighted by Crippen LogP contribution is 2.24. The molecule has 0 spiro atoms. The van der Waals surface area contributed by atoms with Crippen LogP contribution in [-0.4, -0.2) is 32.1 Å². The summed E-state index contributed by atoms with van der Waals surface area (Å²) in [6.45, 7) is 0. The third kappa shape index (κ3) is 2.99. The number of nitrogens with one attached hydrogen (secondary N) is 1. The first-order valence-corrected chi connectivity index (χ1v) is 7.01. The van der Waals surface area contributed by atoms with Crippen molar-refractivity contribution in [2.45, 2.75) is 31.7 Å². The van der Waals surface area contributed by atoms with E-state index in [0.717, 1.165) is 18.4 Å². The summed E-state index contributed by atoms with van der Waals surface area (Å²) in [5.74, 6) is -0.115. The van der Waals surface area contributed by atoms with Crippen LogP contribution in [0.5, 0.6) is 0 Å². The van der Waals surface area contributed by atoms with E-state index in [4.69, 9.17) is 0 Å². The molecule has 2 aromatic heterocycles. The summed E-state index contributed by atoms with van der Waals surface area (Å²) < 4.78 is 0. The second-order valence-electron chi connectivity index (χ2n) is 5.12. The Morgan fingerprint density at radius 2 is 1.95 bits per heavy atom. The molecule has 0 radical (unpaired) electrons. The van der Waals surface area contributed by atoms with Crippen molar-refractivity contribution in [1.29, 1.82) is 0 Å². The minimum atomic E-state index is -1.02. The second kappa shape index (κ2) is 5.87. The molecule has 2 heterocycles. The molecule has 21 heavy (non-hydrogen) atoms. The average Bonchev–Trinajstić information content (AvgIpc) is 3.01. The zero-order valence-corrected chi connectivity index (χ0v) is 11.5. The molecule has 108 valence electrons. The molecule has 1 saturated carbocycles. The molecule has 2 aromatic rings. The first-order valence-electron chi connectivity index (χ1n) is 7.01. The fraction of sp³-hybridized carbons (Fsp3) is 0.333. The highest BCUT2D eigenvalue weighted by atomic mass is 16.4. The lowest BCUT2D eigenvalue weighted by molar-refractivity contribution is 0.0697. The standard InChI is InChI=1S/C15H16N4O2/c20-15(21)12-9-17-13(10-5-7-16-8-6-10)19-14(12)18-11-3-1-2-4-11/h5-9,11H,1-4H2,(H,20,21)(H,17,18,19). The summed E-state index contributed by atoms with van der Waals surface area (Å²) in [5.41, 5.74) is 0.927. The number of nitrogens with zero attached hydrogens (tertiary/aromatic N) is 3. The summed E-state index contributed by atoms with van der Waals surface area (Å²) in [5, 5.41) is 12.5. The van der Waals surface area contributed by atoms with Gasteiger partial charge in [-0.2, -0.15) is 0 Å². The molecule has 6 heteroatoms. The number of carbonyl (C=O) groups is 1. The van der Waals surface area contributed by atoms with E-state index in [2.05, 4.69) is 20.3 Å². The zero-order valence-electron chi connectivity index (χ0n) is 11.5. The average molecular weight is 284 g/mol. The lowest BCUT2D eigenvalue weighted by Gasteiger charge is -2.15. The monoisotopic (exact) mass is 284 g/mol. The first-order chi connectivity index (χ1) is 10.2. The van der Waals surface area contributed by atoms with Crippen molar-refractivity contribution in [1.82, 2.24) is 15.0 Å². The summed E-state index contributed by atoms with van der Waals surface area (Å²) in [6.07, 6.45) is 9.12. The maximum atomic E-state index is 11.3. The van der Waals surface area contributed by atoms with Gasteiger partial charge in [0, 0.05) is 30.2 Å². The van der Waals surface area contributed by atoms with Gasteiger partial charge in [0.05, 0.1) is 0 Å². The number of rotatable bonds is 4. The molecule has 0 amide bonds. The summed E-state index contributed by atoms with van der Waals surface area (Å²) >= 11 is 0. The van der Waals surface area contributed by atoms with E-state index >= 15 is 0 Å². The number of anilines is 1. The molecule has 3 rings (SSSR count). The lowest BCUT2D eigenvalue weighted by Crippen LogP contribution is -2.19. The molecule has 0 aliphatic heterocycles. The van der Waals surface area contributed by atoms with Crippen molar-refractivity contribution >= 4 is 11.8 Å². The molecule has 0 bridgehead atoms. The smallest absolute Gasteiger partial charge is 0.341 e. The Bertz CT molecular complexity index is 639. The van der Waals surface area contributed by atoms with Gasteiger partial charge in [-0.05, 0) is 25.0 Å². The molecule has 6 nitrogen and oxygen atoms in total. The van der Waals surface area contributed by atoms with Crippen molar-refractivity contribution < 1.29 is 9.90 Å². The van der Waals surface area contributed by atoms with E-state index in [-0.39, 0.29) is 5.56 Å². The Labute approximate surface area is 122 Å². The van der Waals surface area contributed by atoms with Crippen LogP contribution in [0.1, 0.15) is 36.0 Å². The zero-order chi connectivity index (χ0) is 14.7. The Balaban J connectivity index is 1.95. The van der Waals surface area contributed by atoms with Crippen molar-refractivity contribution in [2.75, 3.05) is 5.32 Å².